The van der Waals surface area contributed by atoms with Gasteiger partial charge in [-0.3, -0.25) is 14.9 Å². The zero-order chi connectivity index (χ0) is 19.3. The fraction of sp³-hybridized carbons (Fsp3) is 0.118. The second kappa shape index (κ2) is 7.89. The van der Waals surface area contributed by atoms with Crippen LogP contribution in [-0.4, -0.2) is 37.6 Å². The van der Waals surface area contributed by atoms with Crippen LogP contribution in [0.4, 0.5) is 11.4 Å². The first-order chi connectivity index (χ1) is 12.2. The molecule has 0 fully saturated rings. The minimum Gasteiger partial charge on any atom is -0.322 e. The molecule has 2 rings (SSSR count). The molecule has 0 aromatic heterocycles. The van der Waals surface area contributed by atoms with E-state index in [1.54, 1.807) is 12.1 Å². The fourth-order valence-electron chi connectivity index (χ4n) is 2.09. The zero-order valence-electron chi connectivity index (χ0n) is 14.1. The fourth-order valence-corrected chi connectivity index (χ4v) is 3.04. The van der Waals surface area contributed by atoms with Gasteiger partial charge in [0.25, 0.3) is 5.69 Å². The predicted molar refractivity (Wildman–Crippen MR) is 98.1 cm³/mol. The van der Waals surface area contributed by atoms with Crippen molar-refractivity contribution < 1.29 is 18.1 Å². The molecule has 26 heavy (non-hydrogen) atoms. The van der Waals surface area contributed by atoms with Crippen LogP contribution in [-0.2, 0) is 14.8 Å². The molecular formula is C17H17N3O5S. The summed E-state index contributed by atoms with van der Waals surface area (Å²) in [6.07, 6.45) is 2.48. The summed E-state index contributed by atoms with van der Waals surface area (Å²) in [7, 11) is -0.791. The second-order valence-electron chi connectivity index (χ2n) is 5.45. The average molecular weight is 375 g/mol. The summed E-state index contributed by atoms with van der Waals surface area (Å²) in [6.45, 7) is 0. The maximum atomic E-state index is 12.1. The van der Waals surface area contributed by atoms with Gasteiger partial charge in [-0.15, -0.1) is 0 Å². The van der Waals surface area contributed by atoms with Gasteiger partial charge in [-0.2, -0.15) is 0 Å². The predicted octanol–water partition coefficient (Wildman–Crippen LogP) is 2.50. The summed E-state index contributed by atoms with van der Waals surface area (Å²) in [5.74, 6) is -0.539. The van der Waals surface area contributed by atoms with E-state index in [2.05, 4.69) is 5.32 Å². The maximum Gasteiger partial charge on any atom is 0.276 e. The number of para-hydroxylation sites is 1. The van der Waals surface area contributed by atoms with E-state index in [4.69, 9.17) is 0 Å². The Bertz CT molecular complexity index is 968. The summed E-state index contributed by atoms with van der Waals surface area (Å²) >= 11 is 0. The number of nitrogens with zero attached hydrogens (tertiary/aromatic N) is 2. The lowest BCUT2D eigenvalue weighted by Gasteiger charge is -2.12. The number of nitrogens with one attached hydrogen (secondary N) is 1. The van der Waals surface area contributed by atoms with E-state index in [1.807, 2.05) is 0 Å². The number of benzene rings is 2. The molecule has 0 saturated heterocycles. The first kappa shape index (κ1) is 19.3. The van der Waals surface area contributed by atoms with Crippen LogP contribution in [0.25, 0.3) is 6.08 Å². The van der Waals surface area contributed by atoms with Gasteiger partial charge in [0.2, 0.25) is 15.9 Å². The van der Waals surface area contributed by atoms with Crippen LogP contribution in [0.15, 0.2) is 59.5 Å². The monoisotopic (exact) mass is 375 g/mol. The standard InChI is InChI=1S/C17H17N3O5S/c1-19(2)26(24,25)15-8-5-7-14(12-15)18-17(21)11-10-13-6-3-4-9-16(13)20(22)23/h3-12H,1-2H3,(H,18,21)/b11-10+. The minimum absolute atomic E-state index is 0.0444. The Balaban J connectivity index is 2.18. The molecule has 9 heteroatoms. The van der Waals surface area contributed by atoms with Crippen molar-refractivity contribution in [2.24, 2.45) is 0 Å². The molecule has 0 bridgehead atoms. The highest BCUT2D eigenvalue weighted by atomic mass is 32.2. The lowest BCUT2D eigenvalue weighted by Crippen LogP contribution is -2.22. The van der Waals surface area contributed by atoms with E-state index < -0.39 is 20.9 Å². The van der Waals surface area contributed by atoms with Gasteiger partial charge in [-0.25, -0.2) is 12.7 Å². The Morgan fingerprint density at radius 3 is 2.50 bits per heavy atom. The van der Waals surface area contributed by atoms with Gasteiger partial charge >= 0.3 is 0 Å². The molecule has 0 saturated carbocycles. The third-order valence-electron chi connectivity index (χ3n) is 3.43. The van der Waals surface area contributed by atoms with Gasteiger partial charge in [0.05, 0.1) is 15.4 Å². The molecule has 136 valence electrons. The Morgan fingerprint density at radius 1 is 1.15 bits per heavy atom. The number of carbonyl (C=O) groups excluding carboxylic acids is 1. The summed E-state index contributed by atoms with van der Waals surface area (Å²) in [5.41, 5.74) is 0.470. The molecular weight excluding hydrogens is 358 g/mol. The molecule has 0 unspecified atom stereocenters. The zero-order valence-corrected chi connectivity index (χ0v) is 14.9. The molecule has 0 aliphatic carbocycles. The molecule has 8 nitrogen and oxygen atoms in total. The summed E-state index contributed by atoms with van der Waals surface area (Å²) in [6, 6.07) is 11.8. The van der Waals surface area contributed by atoms with Crippen LogP contribution >= 0.6 is 0 Å². The van der Waals surface area contributed by atoms with Crippen molar-refractivity contribution in [1.82, 2.24) is 4.31 Å². The minimum atomic E-state index is -3.62. The molecule has 0 radical (unpaired) electrons. The van der Waals surface area contributed by atoms with Gasteiger partial charge in [0, 0.05) is 31.9 Å². The number of anilines is 1. The highest BCUT2D eigenvalue weighted by molar-refractivity contribution is 7.89. The van der Waals surface area contributed by atoms with Crippen molar-refractivity contribution >= 4 is 33.4 Å². The molecule has 2 aromatic carbocycles. The average Bonchev–Trinajstić information content (AvgIpc) is 2.60. The van der Waals surface area contributed by atoms with Crippen molar-refractivity contribution in [2.45, 2.75) is 4.90 Å². The smallest absolute Gasteiger partial charge is 0.276 e. The van der Waals surface area contributed by atoms with Gasteiger partial charge in [0.1, 0.15) is 0 Å². The molecule has 0 aliphatic rings. The summed E-state index contributed by atoms with van der Waals surface area (Å²) < 4.78 is 25.3. The Morgan fingerprint density at radius 2 is 1.85 bits per heavy atom. The molecule has 1 N–H and O–H groups in total. The van der Waals surface area contributed by atoms with Gasteiger partial charge in [-0.05, 0) is 30.3 Å². The van der Waals surface area contributed by atoms with E-state index in [0.717, 1.165) is 10.4 Å². The molecule has 0 aliphatic heterocycles. The maximum absolute atomic E-state index is 12.1. The van der Waals surface area contributed by atoms with Crippen molar-refractivity contribution in [3.63, 3.8) is 0 Å². The van der Waals surface area contributed by atoms with E-state index in [0.29, 0.717) is 5.69 Å². The molecule has 0 atom stereocenters. The van der Waals surface area contributed by atoms with Crippen molar-refractivity contribution in [3.8, 4) is 0 Å². The molecule has 1 amide bonds. The molecule has 2 aromatic rings. The topological polar surface area (TPSA) is 110 Å². The van der Waals surface area contributed by atoms with Crippen LogP contribution in [0.5, 0.6) is 0 Å². The molecule has 0 spiro atoms. The quantitative estimate of drug-likeness (QED) is 0.474. The largest absolute Gasteiger partial charge is 0.322 e. The third kappa shape index (κ3) is 4.52. The van der Waals surface area contributed by atoms with E-state index in [9.17, 15) is 23.3 Å². The normalized spacial score (nSPS) is 11.7. The lowest BCUT2D eigenvalue weighted by molar-refractivity contribution is -0.385. The number of sulfonamides is 1. The number of amides is 1. The SMILES string of the molecule is CN(C)S(=O)(=O)c1cccc(NC(=O)/C=C/c2ccccc2[N+](=O)[O-])c1. The van der Waals surface area contributed by atoms with Gasteiger partial charge < -0.3 is 5.32 Å². The highest BCUT2D eigenvalue weighted by Crippen LogP contribution is 2.20. The van der Waals surface area contributed by atoms with Crippen LogP contribution in [0.3, 0.4) is 0 Å². The van der Waals surface area contributed by atoms with Crippen molar-refractivity contribution in [3.05, 3.63) is 70.3 Å². The first-order valence-corrected chi connectivity index (χ1v) is 8.91. The molecule has 0 heterocycles. The Hall–Kier alpha value is -3.04. The Kier molecular flexibility index (Phi) is 5.86. The van der Waals surface area contributed by atoms with Crippen molar-refractivity contribution in [1.29, 1.82) is 0 Å². The first-order valence-electron chi connectivity index (χ1n) is 7.47. The van der Waals surface area contributed by atoms with Crippen molar-refractivity contribution in [2.75, 3.05) is 19.4 Å². The third-order valence-corrected chi connectivity index (χ3v) is 5.24. The number of carbonyl (C=O) groups is 1. The van der Waals surface area contributed by atoms with Gasteiger partial charge in [-0.1, -0.05) is 18.2 Å². The number of nitro benzene ring substituents is 1. The summed E-state index contributed by atoms with van der Waals surface area (Å²) in [5, 5.41) is 13.5. The number of nitro groups is 1. The lowest BCUT2D eigenvalue weighted by atomic mass is 10.1. The number of rotatable bonds is 6. The van der Waals surface area contributed by atoms with Crippen LogP contribution in [0.2, 0.25) is 0 Å². The van der Waals surface area contributed by atoms with E-state index >= 15 is 0 Å². The summed E-state index contributed by atoms with van der Waals surface area (Å²) in [4.78, 5) is 22.5. The van der Waals surface area contributed by atoms with E-state index in [1.165, 1.54) is 56.6 Å². The number of hydrogen-bond donors (Lipinski definition) is 1. The van der Waals surface area contributed by atoms with Crippen LogP contribution in [0, 0.1) is 10.1 Å². The Labute approximate surface area is 151 Å². The van der Waals surface area contributed by atoms with E-state index in [-0.39, 0.29) is 16.1 Å². The van der Waals surface area contributed by atoms with Crippen LogP contribution < -0.4 is 5.32 Å². The second-order valence-corrected chi connectivity index (χ2v) is 7.61. The van der Waals surface area contributed by atoms with Crippen LogP contribution in [0.1, 0.15) is 5.56 Å². The highest BCUT2D eigenvalue weighted by Gasteiger charge is 2.17. The van der Waals surface area contributed by atoms with Gasteiger partial charge in [0.15, 0.2) is 0 Å². The number of hydrogen-bond acceptors (Lipinski definition) is 5.